The molecule has 0 atom stereocenters. The number of aromatic nitrogens is 1. The molecule has 1 fully saturated rings. The van der Waals surface area contributed by atoms with Gasteiger partial charge in [0, 0.05) is 27.2 Å². The molecular formula is C29H40ClN3OS. The van der Waals surface area contributed by atoms with Crippen LogP contribution in [0.2, 0.25) is 5.02 Å². The van der Waals surface area contributed by atoms with Crippen molar-refractivity contribution in [3.05, 3.63) is 82.0 Å². The van der Waals surface area contributed by atoms with Gasteiger partial charge in [0.25, 0.3) is 0 Å². The van der Waals surface area contributed by atoms with Gasteiger partial charge >= 0.3 is 0 Å². The predicted octanol–water partition coefficient (Wildman–Crippen LogP) is 7.79. The average Bonchev–Trinajstić information content (AvgIpc) is 2.84. The Bertz CT molecular complexity index is 1020. The smallest absolute Gasteiger partial charge is 0.150 e. The molecule has 2 heterocycles. The SMILES string of the molecule is CCC.CN1CCC1.CNSc1cc(C=O)cc(Cl)c1C.Cc1ccc(-c2ccccn2)cc1C. The summed E-state index contributed by atoms with van der Waals surface area (Å²) >= 11 is 7.39. The van der Waals surface area contributed by atoms with Crippen molar-refractivity contribution in [2.75, 3.05) is 27.2 Å². The predicted molar refractivity (Wildman–Crippen MR) is 154 cm³/mol. The van der Waals surface area contributed by atoms with Crippen LogP contribution >= 0.6 is 23.5 Å². The lowest BCUT2D eigenvalue weighted by atomic mass is 10.0. The molecule has 0 bridgehead atoms. The van der Waals surface area contributed by atoms with Crippen molar-refractivity contribution in [2.45, 2.75) is 52.4 Å². The van der Waals surface area contributed by atoms with Gasteiger partial charge in [-0.3, -0.25) is 14.5 Å². The molecule has 190 valence electrons. The van der Waals surface area contributed by atoms with Crippen LogP contribution in [0, 0.1) is 20.8 Å². The third kappa shape index (κ3) is 11.4. The molecule has 0 spiro atoms. The highest BCUT2D eigenvalue weighted by Gasteiger charge is 2.05. The van der Waals surface area contributed by atoms with Gasteiger partial charge in [-0.1, -0.05) is 50.1 Å². The maximum absolute atomic E-state index is 10.5. The summed E-state index contributed by atoms with van der Waals surface area (Å²) in [5.41, 5.74) is 6.46. The number of hydrogen-bond acceptors (Lipinski definition) is 5. The van der Waals surface area contributed by atoms with Crippen molar-refractivity contribution in [2.24, 2.45) is 0 Å². The van der Waals surface area contributed by atoms with Crippen LogP contribution in [0.4, 0.5) is 0 Å². The molecule has 6 heteroatoms. The first kappa shape index (κ1) is 30.9. The number of rotatable bonds is 4. The maximum Gasteiger partial charge on any atom is 0.150 e. The number of nitrogens with zero attached hydrogens (tertiary/aromatic N) is 2. The molecular weight excluding hydrogens is 474 g/mol. The number of aldehydes is 1. The van der Waals surface area contributed by atoms with E-state index in [9.17, 15) is 4.79 Å². The van der Waals surface area contributed by atoms with Crippen molar-refractivity contribution >= 4 is 29.8 Å². The minimum absolute atomic E-state index is 0.605. The molecule has 0 radical (unpaired) electrons. The first-order valence-corrected chi connectivity index (χ1v) is 13.2. The number of nitrogens with one attached hydrogen (secondary N) is 1. The molecule has 1 aliphatic rings. The van der Waals surface area contributed by atoms with Gasteiger partial charge in [-0.2, -0.15) is 0 Å². The third-order valence-electron chi connectivity index (χ3n) is 5.21. The van der Waals surface area contributed by atoms with Gasteiger partial charge < -0.3 is 4.90 Å². The molecule has 4 nitrogen and oxygen atoms in total. The van der Waals surface area contributed by atoms with Gasteiger partial charge in [0.1, 0.15) is 6.29 Å². The fourth-order valence-corrected chi connectivity index (χ4v) is 3.83. The zero-order valence-electron chi connectivity index (χ0n) is 22.2. The largest absolute Gasteiger partial charge is 0.306 e. The summed E-state index contributed by atoms with van der Waals surface area (Å²) in [4.78, 5) is 18.1. The van der Waals surface area contributed by atoms with Gasteiger partial charge in [0.05, 0.1) is 5.69 Å². The summed E-state index contributed by atoms with van der Waals surface area (Å²) < 4.78 is 2.95. The molecule has 0 amide bonds. The zero-order valence-corrected chi connectivity index (χ0v) is 23.8. The van der Waals surface area contributed by atoms with Gasteiger partial charge in [0.15, 0.2) is 0 Å². The van der Waals surface area contributed by atoms with Crippen LogP contribution in [-0.4, -0.2) is 43.4 Å². The van der Waals surface area contributed by atoms with Crippen LogP contribution in [0.15, 0.2) is 59.6 Å². The second-order valence-electron chi connectivity index (χ2n) is 8.43. The lowest BCUT2D eigenvalue weighted by Gasteiger charge is -2.24. The highest BCUT2D eigenvalue weighted by molar-refractivity contribution is 7.97. The summed E-state index contributed by atoms with van der Waals surface area (Å²) in [5, 5.41) is 0.627. The fraction of sp³-hybridized carbons (Fsp3) is 0.379. The first-order chi connectivity index (χ1) is 16.8. The molecule has 0 aliphatic carbocycles. The van der Waals surface area contributed by atoms with Gasteiger partial charge in [0.2, 0.25) is 0 Å². The van der Waals surface area contributed by atoms with E-state index in [-0.39, 0.29) is 0 Å². The molecule has 1 N–H and O–H groups in total. The summed E-state index contributed by atoms with van der Waals surface area (Å²) in [5.74, 6) is 0. The van der Waals surface area contributed by atoms with Crippen molar-refractivity contribution in [1.29, 1.82) is 0 Å². The van der Waals surface area contributed by atoms with E-state index in [0.29, 0.717) is 10.6 Å². The maximum atomic E-state index is 10.5. The van der Waals surface area contributed by atoms with E-state index in [1.165, 1.54) is 54.6 Å². The van der Waals surface area contributed by atoms with E-state index >= 15 is 0 Å². The Morgan fingerprint density at radius 3 is 2.17 bits per heavy atom. The van der Waals surface area contributed by atoms with Gasteiger partial charge in [-0.25, -0.2) is 0 Å². The van der Waals surface area contributed by atoms with Gasteiger partial charge in [-0.05, 0) is 113 Å². The van der Waals surface area contributed by atoms with E-state index in [0.717, 1.165) is 22.4 Å². The van der Waals surface area contributed by atoms with Crippen LogP contribution < -0.4 is 4.72 Å². The number of likely N-dealkylation sites (tertiary alicyclic amines) is 1. The zero-order chi connectivity index (χ0) is 26.2. The Morgan fingerprint density at radius 2 is 1.71 bits per heavy atom. The number of hydrogen-bond donors (Lipinski definition) is 1. The highest BCUT2D eigenvalue weighted by atomic mass is 35.5. The van der Waals surface area contributed by atoms with E-state index in [4.69, 9.17) is 11.6 Å². The molecule has 1 saturated heterocycles. The van der Waals surface area contributed by atoms with Crippen LogP contribution in [0.25, 0.3) is 11.3 Å². The van der Waals surface area contributed by atoms with E-state index < -0.39 is 0 Å². The number of carbonyl (C=O) groups is 1. The Balaban J connectivity index is 0.000000269. The first-order valence-electron chi connectivity index (χ1n) is 12.0. The quantitative estimate of drug-likeness (QED) is 0.285. The third-order valence-corrected chi connectivity index (χ3v) is 6.45. The highest BCUT2D eigenvalue weighted by Crippen LogP contribution is 2.27. The summed E-state index contributed by atoms with van der Waals surface area (Å²) in [7, 11) is 3.97. The number of carbonyl (C=O) groups excluding carboxylic acids is 1. The second-order valence-corrected chi connectivity index (χ2v) is 9.89. The molecule has 1 aromatic heterocycles. The standard InChI is InChI=1S/C13H13N.C9H10ClNOS.C4H9N.C3H8/c1-10-6-7-12(9-11(10)2)13-5-3-4-8-14-13;1-6-8(10)3-7(5-12)4-9(6)13-11-2;1-5-3-2-4-5;1-3-2/h3-9H,1-2H3;3-5,11H,1-2H3;2-4H2,1H3;3H2,1-2H3. The lowest BCUT2D eigenvalue weighted by molar-refractivity contribution is 0.112. The molecule has 35 heavy (non-hydrogen) atoms. The van der Waals surface area contributed by atoms with Crippen molar-refractivity contribution in [1.82, 2.24) is 14.6 Å². The van der Waals surface area contributed by atoms with E-state index in [1.807, 2.05) is 44.4 Å². The number of halogens is 1. The van der Waals surface area contributed by atoms with Crippen LogP contribution in [0.5, 0.6) is 0 Å². The monoisotopic (exact) mass is 513 g/mol. The molecule has 3 aromatic rings. The van der Waals surface area contributed by atoms with E-state index in [1.54, 1.807) is 6.07 Å². The Hall–Kier alpha value is -2.18. The normalized spacial score (nSPS) is 12.0. The minimum atomic E-state index is 0.605. The summed E-state index contributed by atoms with van der Waals surface area (Å²) in [6, 6.07) is 15.9. The Morgan fingerprint density at radius 1 is 1.06 bits per heavy atom. The Labute approximate surface area is 221 Å². The molecule has 0 saturated carbocycles. The van der Waals surface area contributed by atoms with Crippen molar-refractivity contribution in [3.63, 3.8) is 0 Å². The number of pyridine rings is 1. The van der Waals surface area contributed by atoms with E-state index in [2.05, 4.69) is 67.5 Å². The van der Waals surface area contributed by atoms with Crippen LogP contribution in [0.1, 0.15) is 53.7 Å². The molecule has 1 aliphatic heterocycles. The average molecular weight is 514 g/mol. The fourth-order valence-electron chi connectivity index (χ4n) is 2.87. The van der Waals surface area contributed by atoms with Crippen LogP contribution in [-0.2, 0) is 0 Å². The summed E-state index contributed by atoms with van der Waals surface area (Å²) in [6.07, 6.45) is 5.28. The summed E-state index contributed by atoms with van der Waals surface area (Å²) in [6.45, 7) is 13.1. The van der Waals surface area contributed by atoms with Crippen molar-refractivity contribution < 1.29 is 4.79 Å². The van der Waals surface area contributed by atoms with Gasteiger partial charge in [-0.15, -0.1) is 0 Å². The second kappa shape index (κ2) is 17.3. The minimum Gasteiger partial charge on any atom is -0.306 e. The number of benzene rings is 2. The molecule has 4 rings (SSSR count). The molecule has 0 unspecified atom stereocenters. The molecule has 2 aromatic carbocycles. The lowest BCUT2D eigenvalue weighted by Crippen LogP contribution is -2.32. The Kier molecular flexibility index (Phi) is 15.2. The topological polar surface area (TPSA) is 45.2 Å². The van der Waals surface area contributed by atoms with Crippen LogP contribution in [0.3, 0.4) is 0 Å². The number of aryl methyl sites for hydroxylation is 2. The van der Waals surface area contributed by atoms with Crippen molar-refractivity contribution in [3.8, 4) is 11.3 Å².